The van der Waals surface area contributed by atoms with Gasteiger partial charge in [-0.2, -0.15) is 0 Å². The van der Waals surface area contributed by atoms with Crippen molar-refractivity contribution in [3.63, 3.8) is 0 Å². The topological polar surface area (TPSA) is 62.3 Å². The quantitative estimate of drug-likeness (QED) is 0.925. The first-order valence-corrected chi connectivity index (χ1v) is 7.87. The molecule has 0 spiro atoms. The lowest BCUT2D eigenvalue weighted by Gasteiger charge is -2.30. The van der Waals surface area contributed by atoms with Gasteiger partial charge in [0.2, 0.25) is 5.91 Å². The molecule has 2 aromatic rings. The second kappa shape index (κ2) is 5.99. The third-order valence-electron chi connectivity index (χ3n) is 4.30. The average molecular weight is 311 g/mol. The van der Waals surface area contributed by atoms with Crippen LogP contribution >= 0.6 is 0 Å². The first-order chi connectivity index (χ1) is 10.9. The maximum Gasteiger partial charge on any atom is 0.252 e. The molecule has 0 saturated carbocycles. The minimum Gasteiger partial charge on any atom is -0.347 e. The summed E-state index contributed by atoms with van der Waals surface area (Å²) in [5.74, 6) is 0.0372. The van der Waals surface area contributed by atoms with Crippen molar-refractivity contribution in [3.8, 4) is 0 Å². The van der Waals surface area contributed by atoms with Gasteiger partial charge in [-0.05, 0) is 38.5 Å². The number of hydrogen-bond donors (Lipinski definition) is 1. The molecular formula is C18H21N3O2. The summed E-state index contributed by atoms with van der Waals surface area (Å²) < 4.78 is 0. The molecule has 1 fully saturated rings. The fourth-order valence-electron chi connectivity index (χ4n) is 3.05. The van der Waals surface area contributed by atoms with Gasteiger partial charge in [-0.25, -0.2) is 0 Å². The summed E-state index contributed by atoms with van der Waals surface area (Å²) in [6, 6.07) is 7.76. The molecule has 1 atom stereocenters. The molecule has 1 N–H and O–H groups in total. The number of aromatic nitrogens is 1. The average Bonchev–Trinajstić information content (AvgIpc) is 2.50. The number of hydrogen-bond acceptors (Lipinski definition) is 3. The van der Waals surface area contributed by atoms with E-state index in [-0.39, 0.29) is 17.9 Å². The summed E-state index contributed by atoms with van der Waals surface area (Å²) in [5, 5.41) is 3.93. The van der Waals surface area contributed by atoms with Gasteiger partial charge in [-0.1, -0.05) is 11.6 Å². The molecule has 1 aromatic heterocycles. The second-order valence-corrected chi connectivity index (χ2v) is 6.32. The van der Waals surface area contributed by atoms with E-state index < -0.39 is 0 Å². The van der Waals surface area contributed by atoms with Gasteiger partial charge in [0.05, 0.1) is 11.1 Å². The highest BCUT2D eigenvalue weighted by molar-refractivity contribution is 6.06. The molecule has 1 aromatic carbocycles. The Labute approximate surface area is 135 Å². The van der Waals surface area contributed by atoms with Crippen molar-refractivity contribution in [1.82, 2.24) is 15.2 Å². The number of likely N-dealkylation sites (tertiary alicyclic amines) is 1. The molecule has 0 unspecified atom stereocenters. The minimum atomic E-state index is -0.0983. The van der Waals surface area contributed by atoms with Crippen molar-refractivity contribution in [2.24, 2.45) is 0 Å². The molecule has 1 aliphatic rings. The lowest BCUT2D eigenvalue weighted by Crippen LogP contribution is -2.48. The summed E-state index contributed by atoms with van der Waals surface area (Å²) in [5.41, 5.74) is 3.40. The van der Waals surface area contributed by atoms with Gasteiger partial charge in [0, 0.05) is 37.1 Å². The van der Waals surface area contributed by atoms with E-state index in [1.807, 2.05) is 38.1 Å². The first kappa shape index (κ1) is 15.5. The minimum absolute atomic E-state index is 0.00136. The number of carbonyl (C=O) groups excluding carboxylic acids is 2. The zero-order valence-corrected chi connectivity index (χ0v) is 13.7. The van der Waals surface area contributed by atoms with Crippen molar-refractivity contribution in [2.75, 3.05) is 13.6 Å². The Balaban J connectivity index is 1.89. The van der Waals surface area contributed by atoms with Crippen LogP contribution in [0.25, 0.3) is 10.9 Å². The van der Waals surface area contributed by atoms with Gasteiger partial charge in [0.1, 0.15) is 0 Å². The fourth-order valence-corrected chi connectivity index (χ4v) is 3.05. The molecule has 1 saturated heterocycles. The van der Waals surface area contributed by atoms with Gasteiger partial charge < -0.3 is 10.2 Å². The van der Waals surface area contributed by atoms with E-state index in [2.05, 4.69) is 10.3 Å². The number of amides is 2. The molecule has 5 heteroatoms. The van der Waals surface area contributed by atoms with Crippen molar-refractivity contribution < 1.29 is 9.59 Å². The van der Waals surface area contributed by atoms with E-state index in [9.17, 15) is 9.59 Å². The molecule has 120 valence electrons. The summed E-state index contributed by atoms with van der Waals surface area (Å²) in [6.45, 7) is 4.46. The molecule has 3 rings (SSSR count). The molecule has 1 aliphatic heterocycles. The number of likely N-dealkylation sites (N-methyl/N-ethyl adjacent to an activating group) is 1. The van der Waals surface area contributed by atoms with Gasteiger partial charge in [-0.15, -0.1) is 0 Å². The molecule has 2 heterocycles. The number of fused-ring (bicyclic) bond motifs is 1. The molecule has 2 amide bonds. The van der Waals surface area contributed by atoms with Crippen LogP contribution in [-0.4, -0.2) is 41.3 Å². The van der Waals surface area contributed by atoms with Crippen LogP contribution in [0.2, 0.25) is 0 Å². The SMILES string of the molecule is Cc1ccc2nc(C)cc(C(=O)N[C@@H]3CCC(=O)N(C)C3)c2c1. The molecule has 0 bridgehead atoms. The van der Waals surface area contributed by atoms with E-state index in [0.29, 0.717) is 24.9 Å². The van der Waals surface area contributed by atoms with Crippen molar-refractivity contribution >= 4 is 22.7 Å². The van der Waals surface area contributed by atoms with Crippen molar-refractivity contribution in [1.29, 1.82) is 0 Å². The van der Waals surface area contributed by atoms with Gasteiger partial charge in [-0.3, -0.25) is 14.6 Å². The first-order valence-electron chi connectivity index (χ1n) is 7.87. The molecule has 23 heavy (non-hydrogen) atoms. The monoisotopic (exact) mass is 311 g/mol. The summed E-state index contributed by atoms with van der Waals surface area (Å²) in [6.07, 6.45) is 1.17. The van der Waals surface area contributed by atoms with Crippen LogP contribution in [-0.2, 0) is 4.79 Å². The Bertz CT molecular complexity index is 785. The number of nitrogens with zero attached hydrogens (tertiary/aromatic N) is 2. The Morgan fingerprint density at radius 1 is 1.30 bits per heavy atom. The predicted molar refractivity (Wildman–Crippen MR) is 89.3 cm³/mol. The van der Waals surface area contributed by atoms with Crippen LogP contribution in [0.1, 0.15) is 34.5 Å². The zero-order chi connectivity index (χ0) is 16.6. The Morgan fingerprint density at radius 2 is 2.09 bits per heavy atom. The van der Waals surface area contributed by atoms with Crippen LogP contribution in [0.5, 0.6) is 0 Å². The highest BCUT2D eigenvalue weighted by Gasteiger charge is 2.25. The Kier molecular flexibility index (Phi) is 4.03. The van der Waals surface area contributed by atoms with E-state index in [4.69, 9.17) is 0 Å². The van der Waals surface area contributed by atoms with Gasteiger partial charge in [0.25, 0.3) is 5.91 Å². The number of nitrogens with one attached hydrogen (secondary N) is 1. The van der Waals surface area contributed by atoms with E-state index in [1.54, 1.807) is 11.9 Å². The summed E-state index contributed by atoms with van der Waals surface area (Å²) in [4.78, 5) is 30.5. The highest BCUT2D eigenvalue weighted by atomic mass is 16.2. The molecular weight excluding hydrogens is 290 g/mol. The molecule has 0 radical (unpaired) electrons. The maximum atomic E-state index is 12.7. The maximum absolute atomic E-state index is 12.7. The van der Waals surface area contributed by atoms with Crippen LogP contribution in [0.3, 0.4) is 0 Å². The highest BCUT2D eigenvalue weighted by Crippen LogP contribution is 2.20. The number of carbonyl (C=O) groups is 2. The number of aryl methyl sites for hydroxylation is 2. The number of pyridine rings is 1. The Morgan fingerprint density at radius 3 is 2.83 bits per heavy atom. The number of rotatable bonds is 2. The number of benzene rings is 1. The van der Waals surface area contributed by atoms with E-state index >= 15 is 0 Å². The lowest BCUT2D eigenvalue weighted by atomic mass is 10.0. The molecule has 0 aliphatic carbocycles. The van der Waals surface area contributed by atoms with Crippen LogP contribution in [0.15, 0.2) is 24.3 Å². The third-order valence-corrected chi connectivity index (χ3v) is 4.30. The van der Waals surface area contributed by atoms with Crippen molar-refractivity contribution in [3.05, 3.63) is 41.1 Å². The smallest absolute Gasteiger partial charge is 0.252 e. The largest absolute Gasteiger partial charge is 0.347 e. The van der Waals surface area contributed by atoms with Crippen molar-refractivity contribution in [2.45, 2.75) is 32.7 Å². The normalized spacial score (nSPS) is 18.3. The summed E-state index contributed by atoms with van der Waals surface area (Å²) in [7, 11) is 1.77. The second-order valence-electron chi connectivity index (χ2n) is 6.32. The van der Waals surface area contributed by atoms with Crippen LogP contribution in [0.4, 0.5) is 0 Å². The third kappa shape index (κ3) is 3.18. The number of piperidine rings is 1. The standard InChI is InChI=1S/C18H21N3O2/c1-11-4-6-16-14(8-11)15(9-12(2)19-16)18(23)20-13-5-7-17(22)21(3)10-13/h4,6,8-9,13H,5,7,10H2,1-3H3,(H,20,23)/t13-/m1/s1. The van der Waals surface area contributed by atoms with Crippen LogP contribution in [0, 0.1) is 13.8 Å². The molecule has 5 nitrogen and oxygen atoms in total. The lowest BCUT2D eigenvalue weighted by molar-refractivity contribution is -0.132. The van der Waals surface area contributed by atoms with E-state index in [0.717, 1.165) is 22.2 Å². The Hall–Kier alpha value is -2.43. The summed E-state index contributed by atoms with van der Waals surface area (Å²) >= 11 is 0. The van der Waals surface area contributed by atoms with Gasteiger partial charge >= 0.3 is 0 Å². The van der Waals surface area contributed by atoms with Gasteiger partial charge in [0.15, 0.2) is 0 Å². The van der Waals surface area contributed by atoms with Crippen LogP contribution < -0.4 is 5.32 Å². The van der Waals surface area contributed by atoms with E-state index in [1.165, 1.54) is 0 Å². The predicted octanol–water partition coefficient (Wildman–Crippen LogP) is 2.20. The fraction of sp³-hybridized carbons (Fsp3) is 0.389. The zero-order valence-electron chi connectivity index (χ0n) is 13.7.